The quantitative estimate of drug-likeness (QED) is 0.824. The van der Waals surface area contributed by atoms with Gasteiger partial charge in [-0.25, -0.2) is 8.42 Å². The first kappa shape index (κ1) is 17.6. The Morgan fingerprint density at radius 3 is 2.48 bits per heavy atom. The van der Waals surface area contributed by atoms with Gasteiger partial charge in [0.2, 0.25) is 0 Å². The maximum Gasteiger partial charge on any atom is 0.417 e. The molecule has 0 aliphatic heterocycles. The van der Waals surface area contributed by atoms with Crippen LogP contribution < -0.4 is 4.31 Å². The zero-order chi connectivity index (χ0) is 17.3. The number of pyridine rings is 1. The molecule has 0 fully saturated rings. The number of halogens is 4. The Morgan fingerprint density at radius 2 is 1.96 bits per heavy atom. The molecule has 0 aliphatic carbocycles. The molecule has 2 aromatic rings. The highest BCUT2D eigenvalue weighted by atomic mass is 35.5. The van der Waals surface area contributed by atoms with E-state index in [1.165, 1.54) is 31.5 Å². The monoisotopic (exact) mass is 364 g/mol. The Kier molecular flexibility index (Phi) is 4.86. The lowest BCUT2D eigenvalue weighted by Crippen LogP contribution is -2.32. The van der Waals surface area contributed by atoms with Crippen molar-refractivity contribution in [3.63, 3.8) is 0 Å². The van der Waals surface area contributed by atoms with E-state index in [1.54, 1.807) is 0 Å². The zero-order valence-electron chi connectivity index (χ0n) is 11.9. The number of aromatic nitrogens is 1. The topological polar surface area (TPSA) is 50.3 Å². The standard InChI is InChI=1S/C14H12ClF3N2O2S/c1-2-20(11-4-3-7-19-9-11)23(21,22)13-6-5-10(15)8-12(13)14(16,17)18/h3-9H,2H2,1H3. The summed E-state index contributed by atoms with van der Waals surface area (Å²) in [5, 5.41) is -0.194. The second-order valence-corrected chi connectivity index (χ2v) is 6.79. The summed E-state index contributed by atoms with van der Waals surface area (Å²) in [5.74, 6) is 0. The van der Waals surface area contributed by atoms with Crippen molar-refractivity contribution in [1.29, 1.82) is 0 Å². The highest BCUT2D eigenvalue weighted by Crippen LogP contribution is 2.37. The maximum atomic E-state index is 13.2. The molecule has 2 rings (SSSR count). The summed E-state index contributed by atoms with van der Waals surface area (Å²) in [6, 6.07) is 5.53. The van der Waals surface area contributed by atoms with Crippen molar-refractivity contribution in [3.8, 4) is 0 Å². The van der Waals surface area contributed by atoms with Gasteiger partial charge in [0.15, 0.2) is 0 Å². The lowest BCUT2D eigenvalue weighted by atomic mass is 10.2. The van der Waals surface area contributed by atoms with Gasteiger partial charge < -0.3 is 0 Å². The molecule has 0 saturated heterocycles. The third kappa shape index (κ3) is 3.59. The third-order valence-corrected chi connectivity index (χ3v) is 5.23. The zero-order valence-corrected chi connectivity index (χ0v) is 13.5. The van der Waals surface area contributed by atoms with E-state index in [4.69, 9.17) is 11.6 Å². The van der Waals surface area contributed by atoms with Gasteiger partial charge in [0, 0.05) is 17.8 Å². The van der Waals surface area contributed by atoms with Crippen molar-refractivity contribution >= 4 is 27.3 Å². The van der Waals surface area contributed by atoms with Crippen LogP contribution in [0.2, 0.25) is 5.02 Å². The van der Waals surface area contributed by atoms with E-state index in [1.807, 2.05) is 0 Å². The van der Waals surface area contributed by atoms with Gasteiger partial charge in [-0.3, -0.25) is 9.29 Å². The fourth-order valence-electron chi connectivity index (χ4n) is 2.06. The molecule has 0 bridgehead atoms. The summed E-state index contributed by atoms with van der Waals surface area (Å²) in [4.78, 5) is 2.95. The fraction of sp³-hybridized carbons (Fsp3) is 0.214. The van der Waals surface area contributed by atoms with Crippen LogP contribution in [0.1, 0.15) is 12.5 Å². The molecule has 23 heavy (non-hydrogen) atoms. The second-order valence-electron chi connectivity index (χ2n) is 4.52. The molecule has 1 aromatic heterocycles. The Hall–Kier alpha value is -1.80. The van der Waals surface area contributed by atoms with Crippen LogP contribution in [0, 0.1) is 0 Å². The normalized spacial score (nSPS) is 12.2. The van der Waals surface area contributed by atoms with E-state index in [0.29, 0.717) is 6.07 Å². The van der Waals surface area contributed by atoms with Crippen molar-refractivity contribution in [3.05, 3.63) is 53.3 Å². The SMILES string of the molecule is CCN(c1cccnc1)S(=O)(=O)c1ccc(Cl)cc1C(F)(F)F. The van der Waals surface area contributed by atoms with Gasteiger partial charge in [-0.15, -0.1) is 0 Å². The molecule has 0 N–H and O–H groups in total. The smallest absolute Gasteiger partial charge is 0.265 e. The van der Waals surface area contributed by atoms with Crippen LogP contribution in [0.4, 0.5) is 18.9 Å². The van der Waals surface area contributed by atoms with Crippen molar-refractivity contribution < 1.29 is 21.6 Å². The van der Waals surface area contributed by atoms with Crippen LogP contribution in [-0.4, -0.2) is 19.9 Å². The average Bonchev–Trinajstić information content (AvgIpc) is 2.47. The van der Waals surface area contributed by atoms with E-state index in [0.717, 1.165) is 16.4 Å². The number of benzene rings is 1. The summed E-state index contributed by atoms with van der Waals surface area (Å²) in [7, 11) is -4.42. The average molecular weight is 365 g/mol. The predicted octanol–water partition coefficient (Wildman–Crippen LogP) is 3.97. The van der Waals surface area contributed by atoms with Gasteiger partial charge in [-0.05, 0) is 37.3 Å². The number of nitrogens with zero attached hydrogens (tertiary/aromatic N) is 2. The molecule has 0 spiro atoms. The van der Waals surface area contributed by atoms with Gasteiger partial charge >= 0.3 is 6.18 Å². The molecular weight excluding hydrogens is 353 g/mol. The molecule has 0 saturated carbocycles. The van der Waals surface area contributed by atoms with Crippen LogP contribution in [-0.2, 0) is 16.2 Å². The summed E-state index contributed by atoms with van der Waals surface area (Å²) in [6.45, 7) is 1.47. The van der Waals surface area contributed by atoms with E-state index in [-0.39, 0.29) is 17.3 Å². The van der Waals surface area contributed by atoms with E-state index >= 15 is 0 Å². The van der Waals surface area contributed by atoms with Crippen LogP contribution in [0.15, 0.2) is 47.6 Å². The number of alkyl halides is 3. The van der Waals surface area contributed by atoms with E-state index < -0.39 is 26.7 Å². The maximum absolute atomic E-state index is 13.2. The lowest BCUT2D eigenvalue weighted by molar-refractivity contribution is -0.139. The molecule has 0 radical (unpaired) electrons. The first-order valence-electron chi connectivity index (χ1n) is 6.47. The number of anilines is 1. The Morgan fingerprint density at radius 1 is 1.26 bits per heavy atom. The summed E-state index contributed by atoms with van der Waals surface area (Å²) in [5.41, 5.74) is -1.12. The number of hydrogen-bond donors (Lipinski definition) is 0. The third-order valence-electron chi connectivity index (χ3n) is 3.04. The van der Waals surface area contributed by atoms with Crippen molar-refractivity contribution in [2.24, 2.45) is 0 Å². The van der Waals surface area contributed by atoms with E-state index in [9.17, 15) is 21.6 Å². The van der Waals surface area contributed by atoms with Gasteiger partial charge in [0.25, 0.3) is 10.0 Å². The fourth-order valence-corrected chi connectivity index (χ4v) is 3.89. The summed E-state index contributed by atoms with van der Waals surface area (Å²) in [6.07, 6.45) is -2.14. The first-order valence-corrected chi connectivity index (χ1v) is 8.29. The first-order chi connectivity index (χ1) is 10.7. The van der Waals surface area contributed by atoms with Gasteiger partial charge in [-0.2, -0.15) is 13.2 Å². The van der Waals surface area contributed by atoms with Gasteiger partial charge in [0.1, 0.15) is 0 Å². The molecule has 4 nitrogen and oxygen atoms in total. The molecular formula is C14H12ClF3N2O2S. The molecule has 0 amide bonds. The van der Waals surface area contributed by atoms with Crippen molar-refractivity contribution in [1.82, 2.24) is 4.98 Å². The molecule has 0 atom stereocenters. The minimum absolute atomic E-state index is 0.0477. The van der Waals surface area contributed by atoms with Gasteiger partial charge in [-0.1, -0.05) is 11.6 Å². The molecule has 0 unspecified atom stereocenters. The Bertz CT molecular complexity index is 795. The number of hydrogen-bond acceptors (Lipinski definition) is 3. The minimum Gasteiger partial charge on any atom is -0.265 e. The van der Waals surface area contributed by atoms with Crippen LogP contribution >= 0.6 is 11.6 Å². The van der Waals surface area contributed by atoms with Crippen LogP contribution in [0.3, 0.4) is 0 Å². The van der Waals surface area contributed by atoms with Crippen molar-refractivity contribution in [2.45, 2.75) is 18.0 Å². The summed E-state index contributed by atoms with van der Waals surface area (Å²) < 4.78 is 65.8. The summed E-state index contributed by atoms with van der Waals surface area (Å²) >= 11 is 5.58. The molecule has 9 heteroatoms. The number of sulfonamides is 1. The largest absolute Gasteiger partial charge is 0.417 e. The minimum atomic E-state index is -4.85. The highest BCUT2D eigenvalue weighted by Gasteiger charge is 2.39. The van der Waals surface area contributed by atoms with Crippen LogP contribution in [0.25, 0.3) is 0 Å². The molecule has 1 heterocycles. The molecule has 1 aromatic carbocycles. The van der Waals surface area contributed by atoms with Crippen molar-refractivity contribution in [2.75, 3.05) is 10.8 Å². The molecule has 0 aliphatic rings. The second kappa shape index (κ2) is 6.37. The molecule has 124 valence electrons. The lowest BCUT2D eigenvalue weighted by Gasteiger charge is -2.24. The number of rotatable bonds is 4. The highest BCUT2D eigenvalue weighted by molar-refractivity contribution is 7.92. The Labute approximate surface area is 136 Å². The van der Waals surface area contributed by atoms with E-state index in [2.05, 4.69) is 4.98 Å². The van der Waals surface area contributed by atoms with Crippen LogP contribution in [0.5, 0.6) is 0 Å². The predicted molar refractivity (Wildman–Crippen MR) is 80.9 cm³/mol. The Balaban J connectivity index is 2.64. The van der Waals surface area contributed by atoms with Gasteiger partial charge in [0.05, 0.1) is 22.3 Å².